The molecule has 0 bridgehead atoms. The Morgan fingerprint density at radius 3 is 2.50 bits per heavy atom. The number of rotatable bonds is 5. The molecule has 0 radical (unpaired) electrons. The van der Waals surface area contributed by atoms with Crippen LogP contribution in [0.1, 0.15) is 60.3 Å². The summed E-state index contributed by atoms with van der Waals surface area (Å²) in [5.74, 6) is 2.10. The zero-order valence-corrected chi connectivity index (χ0v) is 17.1. The Morgan fingerprint density at radius 2 is 1.69 bits per heavy atom. The van der Waals surface area contributed by atoms with Crippen LogP contribution in [0.25, 0.3) is 11.3 Å². The first kappa shape index (κ1) is 16.3. The maximum Gasteiger partial charge on any atom is 0.108 e. The molecular formula is C25H28Si. The highest BCUT2D eigenvalue weighted by atomic mass is 28.3. The van der Waals surface area contributed by atoms with Crippen LogP contribution in [-0.2, 0) is 0 Å². The van der Waals surface area contributed by atoms with Gasteiger partial charge in [-0.2, -0.15) is 0 Å². The summed E-state index contributed by atoms with van der Waals surface area (Å²) in [6.45, 7) is 7.48. The van der Waals surface area contributed by atoms with Crippen molar-refractivity contribution in [1.82, 2.24) is 0 Å². The van der Waals surface area contributed by atoms with Crippen LogP contribution in [0.3, 0.4) is 0 Å². The molecule has 2 aliphatic carbocycles. The van der Waals surface area contributed by atoms with Crippen LogP contribution in [0.2, 0.25) is 13.1 Å². The Kier molecular flexibility index (Phi) is 3.65. The maximum absolute atomic E-state index is 2.55. The van der Waals surface area contributed by atoms with Gasteiger partial charge >= 0.3 is 0 Å². The lowest BCUT2D eigenvalue weighted by Gasteiger charge is -2.26. The van der Waals surface area contributed by atoms with Crippen molar-refractivity contribution in [2.24, 2.45) is 5.92 Å². The van der Waals surface area contributed by atoms with Gasteiger partial charge in [-0.15, -0.1) is 0 Å². The van der Waals surface area contributed by atoms with Gasteiger partial charge in [0.05, 0.1) is 0 Å². The summed E-state index contributed by atoms with van der Waals surface area (Å²) in [6, 6.07) is 18.2. The van der Waals surface area contributed by atoms with Crippen LogP contribution in [0.5, 0.6) is 0 Å². The molecule has 0 N–H and O–H groups in total. The third-order valence-electron chi connectivity index (χ3n) is 7.16. The van der Waals surface area contributed by atoms with E-state index in [-0.39, 0.29) is 0 Å². The van der Waals surface area contributed by atoms with E-state index in [1.165, 1.54) is 24.8 Å². The molecule has 26 heavy (non-hydrogen) atoms. The van der Waals surface area contributed by atoms with E-state index < -0.39 is 8.07 Å². The van der Waals surface area contributed by atoms with Crippen molar-refractivity contribution in [1.29, 1.82) is 0 Å². The Labute approximate surface area is 158 Å². The van der Waals surface area contributed by atoms with Gasteiger partial charge in [-0.25, -0.2) is 0 Å². The molecule has 0 nitrogen and oxygen atoms in total. The van der Waals surface area contributed by atoms with Gasteiger partial charge in [-0.3, -0.25) is 0 Å². The summed E-state index contributed by atoms with van der Waals surface area (Å²) in [5.41, 5.74) is 6.21. The maximum atomic E-state index is 2.55. The van der Waals surface area contributed by atoms with Gasteiger partial charge < -0.3 is 0 Å². The van der Waals surface area contributed by atoms with E-state index >= 15 is 0 Å². The van der Waals surface area contributed by atoms with E-state index in [4.69, 9.17) is 0 Å². The van der Waals surface area contributed by atoms with E-state index in [2.05, 4.69) is 80.7 Å². The van der Waals surface area contributed by atoms with Crippen molar-refractivity contribution < 1.29 is 0 Å². The molecule has 0 fully saturated rings. The molecule has 1 heterocycles. The van der Waals surface area contributed by atoms with E-state index in [0.717, 1.165) is 11.8 Å². The summed E-state index contributed by atoms with van der Waals surface area (Å²) in [4.78, 5) is 0. The number of benzene rings is 2. The molecule has 132 valence electrons. The van der Waals surface area contributed by atoms with Gasteiger partial charge in [0.1, 0.15) is 8.07 Å². The van der Waals surface area contributed by atoms with Crippen molar-refractivity contribution in [2.75, 3.05) is 0 Å². The van der Waals surface area contributed by atoms with Gasteiger partial charge in [0.15, 0.2) is 0 Å². The zero-order valence-electron chi connectivity index (χ0n) is 16.1. The van der Waals surface area contributed by atoms with Crippen LogP contribution in [0.15, 0.2) is 59.8 Å². The van der Waals surface area contributed by atoms with Gasteiger partial charge in [-0.05, 0) is 41.0 Å². The third kappa shape index (κ3) is 2.26. The molecule has 0 saturated carbocycles. The fourth-order valence-corrected chi connectivity index (χ4v) is 9.91. The molecule has 2 aromatic rings. The Balaban J connectivity index is 1.37. The molecule has 5 rings (SSSR count). The average Bonchev–Trinajstić information content (AvgIpc) is 2.99. The lowest BCUT2D eigenvalue weighted by atomic mass is 9.80. The second-order valence-electron chi connectivity index (χ2n) is 8.81. The summed E-state index contributed by atoms with van der Waals surface area (Å²) in [7, 11) is -1.17. The molecule has 0 aromatic heterocycles. The molecule has 1 aliphatic heterocycles. The van der Waals surface area contributed by atoms with Gasteiger partial charge in [0.2, 0.25) is 0 Å². The summed E-state index contributed by atoms with van der Waals surface area (Å²) < 4.78 is 0. The van der Waals surface area contributed by atoms with E-state index in [1.807, 2.05) is 5.20 Å². The molecule has 0 amide bonds. The number of fused-ring (bicyclic) bond motifs is 3. The molecule has 2 aromatic carbocycles. The molecule has 3 aliphatic rings. The topological polar surface area (TPSA) is 0 Å². The van der Waals surface area contributed by atoms with Gasteiger partial charge in [0, 0.05) is 11.8 Å². The molecule has 1 heteroatoms. The number of allylic oxidation sites excluding steroid dienone is 2. The highest BCUT2D eigenvalue weighted by molar-refractivity contribution is 7.13. The van der Waals surface area contributed by atoms with Crippen LogP contribution in [0.4, 0.5) is 0 Å². The van der Waals surface area contributed by atoms with Crippen molar-refractivity contribution in [3.05, 3.63) is 82.1 Å². The second kappa shape index (κ2) is 5.82. The monoisotopic (exact) mass is 356 g/mol. The Hall–Kier alpha value is -1.86. The molecule has 0 saturated heterocycles. The first-order valence-electron chi connectivity index (χ1n) is 10.2. The lowest BCUT2D eigenvalue weighted by molar-refractivity contribution is 0.409. The first-order valence-corrected chi connectivity index (χ1v) is 13.2. The SMILES string of the molecule is CCC(CCC1C2=C(c3ccccc31)[Si]2(C)C)C1C=Cc2ccccc21. The Morgan fingerprint density at radius 1 is 0.962 bits per heavy atom. The van der Waals surface area contributed by atoms with Crippen molar-refractivity contribution in [3.63, 3.8) is 0 Å². The third-order valence-corrected chi connectivity index (χ3v) is 10.6. The molecular weight excluding hydrogens is 328 g/mol. The minimum atomic E-state index is -1.17. The smallest absolute Gasteiger partial charge is 0.0761 e. The van der Waals surface area contributed by atoms with Crippen molar-refractivity contribution in [3.8, 4) is 0 Å². The van der Waals surface area contributed by atoms with Crippen LogP contribution >= 0.6 is 0 Å². The highest BCUT2D eigenvalue weighted by Crippen LogP contribution is 2.63. The minimum absolute atomic E-state index is 0.616. The summed E-state index contributed by atoms with van der Waals surface area (Å²) >= 11 is 0. The lowest BCUT2D eigenvalue weighted by Crippen LogP contribution is -2.19. The molecule has 3 atom stereocenters. The fourth-order valence-electron chi connectivity index (χ4n) is 5.78. The van der Waals surface area contributed by atoms with Crippen molar-refractivity contribution >= 4 is 19.3 Å². The summed E-state index contributed by atoms with van der Waals surface area (Å²) in [5, 5.41) is 3.66. The molecule has 0 spiro atoms. The van der Waals surface area contributed by atoms with Crippen LogP contribution in [0, 0.1) is 5.92 Å². The molecule has 3 unspecified atom stereocenters. The predicted molar refractivity (Wildman–Crippen MR) is 115 cm³/mol. The Bertz CT molecular complexity index is 931. The van der Waals surface area contributed by atoms with E-state index in [0.29, 0.717) is 5.92 Å². The van der Waals surface area contributed by atoms with Crippen LogP contribution in [-0.4, -0.2) is 8.07 Å². The van der Waals surface area contributed by atoms with Crippen LogP contribution < -0.4 is 0 Å². The minimum Gasteiger partial charge on any atom is -0.0761 e. The quantitative estimate of drug-likeness (QED) is 0.508. The van der Waals surface area contributed by atoms with Gasteiger partial charge in [0.25, 0.3) is 0 Å². The average molecular weight is 357 g/mol. The standard InChI is InChI=1S/C25H28Si/c1-4-17(20-15-14-18-9-5-6-10-19(18)20)13-16-23-21-11-7-8-12-22(21)24-25(23)26(24,2)3/h5-12,14-15,17,20,23H,4,13,16H2,1-3H3. The largest absolute Gasteiger partial charge is 0.108 e. The number of hydrogen-bond donors (Lipinski definition) is 0. The fraction of sp³-hybridized carbons (Fsp3) is 0.360. The van der Waals surface area contributed by atoms with Crippen molar-refractivity contribution in [2.45, 2.75) is 51.1 Å². The highest BCUT2D eigenvalue weighted by Gasteiger charge is 2.55. The van der Waals surface area contributed by atoms with E-state index in [1.54, 1.807) is 21.9 Å². The van der Waals surface area contributed by atoms with Gasteiger partial charge in [-0.1, -0.05) is 97.5 Å². The van der Waals surface area contributed by atoms with E-state index in [9.17, 15) is 0 Å². The zero-order chi connectivity index (χ0) is 17.9. The first-order chi connectivity index (χ1) is 12.6. The normalized spacial score (nSPS) is 25.0. The number of hydrogen-bond acceptors (Lipinski definition) is 0. The summed E-state index contributed by atoms with van der Waals surface area (Å²) in [6.07, 6.45) is 8.73. The second-order valence-corrected chi connectivity index (χ2v) is 13.1. The predicted octanol–water partition coefficient (Wildman–Crippen LogP) is 6.95.